The number of carbonyl (C=O) groups is 1. The Morgan fingerprint density at radius 2 is 2.05 bits per heavy atom. The van der Waals surface area contributed by atoms with Gasteiger partial charge < -0.3 is 15.8 Å². The third kappa shape index (κ3) is 6.50. The Kier molecular flexibility index (Phi) is 8.27. The standard InChI is InChI=1S/C14H25FN2O2/c1-9(11(3)14(15)12(4)19-5)6-7-10(2)17-13(18)8-16/h10,12H,1,6-8,16H2,2-5H3,(H,17,18)/b14-11+/t10-,12?/m1/s1. The lowest BCUT2D eigenvalue weighted by molar-refractivity contribution is -0.120. The van der Waals surface area contributed by atoms with Crippen molar-refractivity contribution in [1.29, 1.82) is 0 Å². The van der Waals surface area contributed by atoms with E-state index >= 15 is 0 Å². The van der Waals surface area contributed by atoms with E-state index in [2.05, 4.69) is 11.9 Å². The first-order valence-electron chi connectivity index (χ1n) is 6.40. The van der Waals surface area contributed by atoms with Gasteiger partial charge in [0, 0.05) is 13.2 Å². The third-order valence-electron chi connectivity index (χ3n) is 3.07. The highest BCUT2D eigenvalue weighted by molar-refractivity contribution is 5.77. The van der Waals surface area contributed by atoms with Crippen LogP contribution in [0.5, 0.6) is 0 Å². The Morgan fingerprint density at radius 3 is 2.53 bits per heavy atom. The fraction of sp³-hybridized carbons (Fsp3) is 0.643. The average molecular weight is 272 g/mol. The van der Waals surface area contributed by atoms with Crippen LogP contribution < -0.4 is 11.1 Å². The smallest absolute Gasteiger partial charge is 0.233 e. The summed E-state index contributed by atoms with van der Waals surface area (Å²) < 4.78 is 18.8. The van der Waals surface area contributed by atoms with E-state index in [-0.39, 0.29) is 24.3 Å². The van der Waals surface area contributed by atoms with E-state index in [9.17, 15) is 9.18 Å². The minimum atomic E-state index is -0.564. The number of rotatable bonds is 8. The van der Waals surface area contributed by atoms with Crippen LogP contribution in [0.3, 0.4) is 0 Å². The van der Waals surface area contributed by atoms with Gasteiger partial charge >= 0.3 is 0 Å². The maximum absolute atomic E-state index is 13.8. The lowest BCUT2D eigenvalue weighted by atomic mass is 10.00. The van der Waals surface area contributed by atoms with Crippen molar-refractivity contribution < 1.29 is 13.9 Å². The van der Waals surface area contributed by atoms with Crippen LogP contribution >= 0.6 is 0 Å². The maximum Gasteiger partial charge on any atom is 0.233 e. The number of halogens is 1. The van der Waals surface area contributed by atoms with Crippen molar-refractivity contribution in [2.75, 3.05) is 13.7 Å². The Hall–Kier alpha value is -1.20. The topological polar surface area (TPSA) is 64.4 Å². The van der Waals surface area contributed by atoms with Crippen molar-refractivity contribution in [3.05, 3.63) is 23.6 Å². The van der Waals surface area contributed by atoms with E-state index in [0.29, 0.717) is 18.4 Å². The molecule has 0 rings (SSSR count). The molecule has 110 valence electrons. The molecule has 0 aromatic carbocycles. The van der Waals surface area contributed by atoms with Crippen molar-refractivity contribution in [2.45, 2.75) is 45.8 Å². The van der Waals surface area contributed by atoms with E-state index in [4.69, 9.17) is 10.5 Å². The Morgan fingerprint density at radius 1 is 1.47 bits per heavy atom. The molecule has 5 heteroatoms. The van der Waals surface area contributed by atoms with Gasteiger partial charge in [-0.2, -0.15) is 0 Å². The summed E-state index contributed by atoms with van der Waals surface area (Å²) >= 11 is 0. The quantitative estimate of drug-likeness (QED) is 0.665. The second-order valence-corrected chi connectivity index (χ2v) is 4.67. The summed E-state index contributed by atoms with van der Waals surface area (Å²) in [7, 11) is 1.46. The van der Waals surface area contributed by atoms with Gasteiger partial charge in [0.05, 0.1) is 6.54 Å². The summed E-state index contributed by atoms with van der Waals surface area (Å²) in [5.74, 6) is -0.490. The number of methoxy groups -OCH3 is 1. The van der Waals surface area contributed by atoms with Gasteiger partial charge in [-0.15, -0.1) is 0 Å². The van der Waals surface area contributed by atoms with Crippen molar-refractivity contribution in [2.24, 2.45) is 5.73 Å². The Balaban J connectivity index is 4.35. The molecule has 1 amide bonds. The van der Waals surface area contributed by atoms with Gasteiger partial charge in [-0.05, 0) is 44.8 Å². The monoisotopic (exact) mass is 272 g/mol. The minimum Gasteiger partial charge on any atom is -0.375 e. The molecule has 0 radical (unpaired) electrons. The molecule has 0 aliphatic carbocycles. The van der Waals surface area contributed by atoms with Crippen molar-refractivity contribution in [1.82, 2.24) is 5.32 Å². The number of nitrogens with one attached hydrogen (secondary N) is 1. The third-order valence-corrected chi connectivity index (χ3v) is 3.07. The van der Waals surface area contributed by atoms with Gasteiger partial charge in [0.15, 0.2) is 0 Å². The largest absolute Gasteiger partial charge is 0.375 e. The summed E-state index contributed by atoms with van der Waals surface area (Å²) in [5.41, 5.74) is 6.45. The van der Waals surface area contributed by atoms with Gasteiger partial charge in [-0.25, -0.2) is 4.39 Å². The summed E-state index contributed by atoms with van der Waals surface area (Å²) in [6.45, 7) is 9.07. The predicted molar refractivity (Wildman–Crippen MR) is 75.3 cm³/mol. The molecule has 0 aliphatic rings. The van der Waals surface area contributed by atoms with Gasteiger partial charge in [-0.1, -0.05) is 6.58 Å². The van der Waals surface area contributed by atoms with Crippen molar-refractivity contribution in [3.63, 3.8) is 0 Å². The first-order chi connectivity index (χ1) is 8.83. The second-order valence-electron chi connectivity index (χ2n) is 4.67. The summed E-state index contributed by atoms with van der Waals surface area (Å²) in [5, 5.41) is 2.75. The molecule has 0 heterocycles. The van der Waals surface area contributed by atoms with E-state index in [1.54, 1.807) is 13.8 Å². The zero-order valence-electron chi connectivity index (χ0n) is 12.3. The van der Waals surface area contributed by atoms with E-state index in [1.807, 2.05) is 6.92 Å². The van der Waals surface area contributed by atoms with Gasteiger partial charge in [-0.3, -0.25) is 4.79 Å². The molecule has 19 heavy (non-hydrogen) atoms. The zero-order valence-corrected chi connectivity index (χ0v) is 12.3. The summed E-state index contributed by atoms with van der Waals surface area (Å²) in [6, 6.07) is -0.0106. The summed E-state index contributed by atoms with van der Waals surface area (Å²) in [6.07, 6.45) is 0.740. The molecule has 0 saturated heterocycles. The van der Waals surface area contributed by atoms with Crippen LogP contribution in [0.15, 0.2) is 23.6 Å². The van der Waals surface area contributed by atoms with Crippen LogP contribution in [-0.2, 0) is 9.53 Å². The number of hydrogen-bond donors (Lipinski definition) is 2. The number of carbonyl (C=O) groups excluding carboxylic acids is 1. The fourth-order valence-corrected chi connectivity index (χ4v) is 1.56. The molecule has 0 bridgehead atoms. The van der Waals surface area contributed by atoms with Crippen LogP contribution in [-0.4, -0.2) is 31.7 Å². The molecule has 0 spiro atoms. The van der Waals surface area contributed by atoms with Crippen molar-refractivity contribution in [3.8, 4) is 0 Å². The molecule has 0 aromatic heterocycles. The highest BCUT2D eigenvalue weighted by Crippen LogP contribution is 2.22. The first kappa shape index (κ1) is 17.8. The van der Waals surface area contributed by atoms with Crippen LogP contribution in [0.4, 0.5) is 4.39 Å². The van der Waals surface area contributed by atoms with Gasteiger partial charge in [0.1, 0.15) is 11.9 Å². The first-order valence-corrected chi connectivity index (χ1v) is 6.40. The number of amides is 1. The van der Waals surface area contributed by atoms with Gasteiger partial charge in [0.25, 0.3) is 0 Å². The number of allylic oxidation sites excluding steroid dienone is 2. The predicted octanol–water partition coefficient (Wildman–Crippen LogP) is 2.06. The number of hydrogen-bond acceptors (Lipinski definition) is 3. The number of ether oxygens (including phenoxy) is 1. The van der Waals surface area contributed by atoms with Crippen LogP contribution in [0, 0.1) is 0 Å². The van der Waals surface area contributed by atoms with Crippen LogP contribution in [0.1, 0.15) is 33.6 Å². The average Bonchev–Trinajstić information content (AvgIpc) is 2.41. The lowest BCUT2D eigenvalue weighted by Crippen LogP contribution is -2.37. The lowest BCUT2D eigenvalue weighted by Gasteiger charge is -2.16. The van der Waals surface area contributed by atoms with E-state index in [0.717, 1.165) is 5.57 Å². The molecule has 0 saturated carbocycles. The molecular formula is C14H25FN2O2. The second kappa shape index (κ2) is 8.82. The highest BCUT2D eigenvalue weighted by atomic mass is 19.1. The highest BCUT2D eigenvalue weighted by Gasteiger charge is 2.13. The molecule has 1 unspecified atom stereocenters. The minimum absolute atomic E-state index is 0.0106. The SMILES string of the molecule is C=C(CC[C@@H](C)NC(=O)CN)/C(C)=C(/F)C(C)OC. The number of nitrogens with two attached hydrogens (primary N) is 1. The van der Waals surface area contributed by atoms with E-state index in [1.165, 1.54) is 7.11 Å². The molecule has 0 fully saturated rings. The Bertz CT molecular complexity index is 353. The molecule has 0 aliphatic heterocycles. The normalized spacial score (nSPS) is 15.5. The molecule has 2 atom stereocenters. The molecule has 4 nitrogen and oxygen atoms in total. The van der Waals surface area contributed by atoms with Crippen LogP contribution in [0.25, 0.3) is 0 Å². The van der Waals surface area contributed by atoms with E-state index < -0.39 is 6.10 Å². The van der Waals surface area contributed by atoms with Crippen molar-refractivity contribution >= 4 is 5.91 Å². The Labute approximate surface area is 114 Å². The molecular weight excluding hydrogens is 247 g/mol. The fourth-order valence-electron chi connectivity index (χ4n) is 1.56. The molecule has 3 N–H and O–H groups in total. The summed E-state index contributed by atoms with van der Waals surface area (Å²) in [4.78, 5) is 11.1. The maximum atomic E-state index is 13.8. The zero-order chi connectivity index (χ0) is 15.0. The van der Waals surface area contributed by atoms with Gasteiger partial charge in [0.2, 0.25) is 5.91 Å². The van der Waals surface area contributed by atoms with Crippen LogP contribution in [0.2, 0.25) is 0 Å². The molecule has 0 aromatic rings.